The molecule has 0 bridgehead atoms. The topological polar surface area (TPSA) is 35.6 Å². The zero-order chi connectivity index (χ0) is 12.5. The lowest BCUT2D eigenvalue weighted by Gasteiger charge is -2.34. The molecule has 1 N–H and O–H groups in total. The van der Waals surface area contributed by atoms with E-state index in [1.807, 2.05) is 0 Å². The number of hydrogen-bond donors (Lipinski definition) is 1. The molecule has 3 aliphatic rings. The summed E-state index contributed by atoms with van der Waals surface area (Å²) in [6, 6.07) is 0.738. The van der Waals surface area contributed by atoms with Gasteiger partial charge in [0.05, 0.1) is 6.04 Å². The smallest absolute Gasteiger partial charge is 0.239 e. The van der Waals surface area contributed by atoms with Gasteiger partial charge in [0.15, 0.2) is 0 Å². The van der Waals surface area contributed by atoms with Gasteiger partial charge < -0.3 is 15.1 Å². The van der Waals surface area contributed by atoms with Crippen LogP contribution in [-0.4, -0.2) is 61.0 Å². The third-order valence-corrected chi connectivity index (χ3v) is 4.98. The Bertz CT molecular complexity index is 298. The third-order valence-electron chi connectivity index (χ3n) is 4.98. The van der Waals surface area contributed by atoms with Crippen LogP contribution in [0.25, 0.3) is 0 Å². The first kappa shape index (κ1) is 12.4. The molecule has 18 heavy (non-hydrogen) atoms. The van der Waals surface area contributed by atoms with Crippen molar-refractivity contribution in [3.05, 3.63) is 0 Å². The molecule has 102 valence electrons. The summed E-state index contributed by atoms with van der Waals surface area (Å²) in [4.78, 5) is 16.9. The molecular weight excluding hydrogens is 226 g/mol. The van der Waals surface area contributed by atoms with Crippen molar-refractivity contribution in [2.45, 2.75) is 44.2 Å². The van der Waals surface area contributed by atoms with Crippen molar-refractivity contribution in [3.8, 4) is 0 Å². The van der Waals surface area contributed by atoms with E-state index >= 15 is 0 Å². The van der Waals surface area contributed by atoms with Crippen LogP contribution in [0.2, 0.25) is 0 Å². The van der Waals surface area contributed by atoms with Crippen molar-refractivity contribution >= 4 is 5.91 Å². The van der Waals surface area contributed by atoms with Crippen LogP contribution < -0.4 is 5.32 Å². The molecule has 3 fully saturated rings. The van der Waals surface area contributed by atoms with Crippen molar-refractivity contribution in [1.29, 1.82) is 0 Å². The maximum atomic E-state index is 12.5. The van der Waals surface area contributed by atoms with Gasteiger partial charge in [0.1, 0.15) is 0 Å². The molecule has 3 unspecified atom stereocenters. The molecule has 1 saturated carbocycles. The molecule has 0 aromatic heterocycles. The molecule has 1 aliphatic carbocycles. The van der Waals surface area contributed by atoms with Gasteiger partial charge in [-0.25, -0.2) is 0 Å². The molecule has 2 aliphatic heterocycles. The highest BCUT2D eigenvalue weighted by atomic mass is 16.2. The molecule has 3 rings (SSSR count). The van der Waals surface area contributed by atoms with Crippen molar-refractivity contribution in [3.63, 3.8) is 0 Å². The largest absolute Gasteiger partial charge is 0.339 e. The lowest BCUT2D eigenvalue weighted by Crippen LogP contribution is -2.52. The number of hydrogen-bond acceptors (Lipinski definition) is 3. The molecule has 2 heterocycles. The Morgan fingerprint density at radius 3 is 2.56 bits per heavy atom. The fourth-order valence-electron chi connectivity index (χ4n) is 3.76. The van der Waals surface area contributed by atoms with Crippen molar-refractivity contribution in [1.82, 2.24) is 15.1 Å². The Labute approximate surface area is 110 Å². The maximum Gasteiger partial charge on any atom is 0.239 e. The minimum atomic E-state index is 0.113. The van der Waals surface area contributed by atoms with Gasteiger partial charge in [-0.2, -0.15) is 0 Å². The second-order valence-electron chi connectivity index (χ2n) is 6.23. The first-order valence-electron chi connectivity index (χ1n) is 7.47. The third kappa shape index (κ3) is 2.41. The highest BCUT2D eigenvalue weighted by Gasteiger charge is 2.39. The summed E-state index contributed by atoms with van der Waals surface area (Å²) in [5.74, 6) is 1.12. The summed E-state index contributed by atoms with van der Waals surface area (Å²) in [6.45, 7) is 3.85. The highest BCUT2D eigenvalue weighted by molar-refractivity contribution is 5.82. The minimum Gasteiger partial charge on any atom is -0.339 e. The standard InChI is InChI=1S/C14H25N3O/c1-16-6-8-17(9-7-16)14(18)13-10-11-4-2-3-5-12(11)15-13/h11-13,15H,2-10H2,1H3. The van der Waals surface area contributed by atoms with Crippen LogP contribution in [0.15, 0.2) is 0 Å². The summed E-state index contributed by atoms with van der Waals surface area (Å²) >= 11 is 0. The fourth-order valence-corrected chi connectivity index (χ4v) is 3.76. The number of piperazine rings is 1. The van der Waals surface area contributed by atoms with Crippen LogP contribution in [0.3, 0.4) is 0 Å². The van der Waals surface area contributed by atoms with E-state index in [0.717, 1.165) is 38.5 Å². The Kier molecular flexibility index (Phi) is 3.57. The molecule has 2 saturated heterocycles. The van der Waals surface area contributed by atoms with Crippen LogP contribution in [0.4, 0.5) is 0 Å². The van der Waals surface area contributed by atoms with Crippen LogP contribution >= 0.6 is 0 Å². The van der Waals surface area contributed by atoms with E-state index in [1.54, 1.807) is 0 Å². The van der Waals surface area contributed by atoms with Gasteiger partial charge in [-0.05, 0) is 32.2 Å². The van der Waals surface area contributed by atoms with E-state index < -0.39 is 0 Å². The summed E-state index contributed by atoms with van der Waals surface area (Å²) in [5.41, 5.74) is 0. The van der Waals surface area contributed by atoms with Crippen LogP contribution in [0.1, 0.15) is 32.1 Å². The fraction of sp³-hybridized carbons (Fsp3) is 0.929. The molecule has 4 nitrogen and oxygen atoms in total. The average molecular weight is 251 g/mol. The van der Waals surface area contributed by atoms with Crippen LogP contribution in [-0.2, 0) is 4.79 Å². The Morgan fingerprint density at radius 1 is 1.11 bits per heavy atom. The van der Waals surface area contributed by atoms with Crippen molar-refractivity contribution < 1.29 is 4.79 Å². The molecule has 0 spiro atoms. The first-order chi connectivity index (χ1) is 8.74. The van der Waals surface area contributed by atoms with Gasteiger partial charge in [-0.1, -0.05) is 12.8 Å². The van der Waals surface area contributed by atoms with Gasteiger partial charge >= 0.3 is 0 Å². The second-order valence-corrected chi connectivity index (χ2v) is 6.23. The first-order valence-corrected chi connectivity index (χ1v) is 7.47. The number of amides is 1. The molecule has 1 amide bonds. The van der Waals surface area contributed by atoms with E-state index in [4.69, 9.17) is 0 Å². The Hall–Kier alpha value is -0.610. The second kappa shape index (κ2) is 5.17. The molecular formula is C14H25N3O. The number of nitrogens with zero attached hydrogens (tertiary/aromatic N) is 2. The predicted molar refractivity (Wildman–Crippen MR) is 71.4 cm³/mol. The quantitative estimate of drug-likeness (QED) is 0.744. The summed E-state index contributed by atoms with van der Waals surface area (Å²) in [6.07, 6.45) is 6.37. The van der Waals surface area contributed by atoms with Gasteiger partial charge in [-0.3, -0.25) is 4.79 Å². The maximum absolute atomic E-state index is 12.5. The zero-order valence-corrected chi connectivity index (χ0v) is 11.4. The highest BCUT2D eigenvalue weighted by Crippen LogP contribution is 2.33. The van der Waals surface area contributed by atoms with Crippen LogP contribution in [0.5, 0.6) is 0 Å². The molecule has 3 atom stereocenters. The monoisotopic (exact) mass is 251 g/mol. The molecule has 0 aromatic carbocycles. The number of rotatable bonds is 1. The number of likely N-dealkylation sites (N-methyl/N-ethyl adjacent to an activating group) is 1. The van der Waals surface area contributed by atoms with Crippen LogP contribution in [0, 0.1) is 5.92 Å². The van der Waals surface area contributed by atoms with E-state index in [1.165, 1.54) is 25.7 Å². The molecule has 4 heteroatoms. The molecule has 0 aromatic rings. The molecule has 0 radical (unpaired) electrons. The average Bonchev–Trinajstić information content (AvgIpc) is 2.82. The Balaban J connectivity index is 1.57. The zero-order valence-electron chi connectivity index (χ0n) is 11.4. The Morgan fingerprint density at radius 2 is 1.83 bits per heavy atom. The van der Waals surface area contributed by atoms with Gasteiger partial charge in [0.25, 0.3) is 0 Å². The van der Waals surface area contributed by atoms with Gasteiger partial charge in [0.2, 0.25) is 5.91 Å². The summed E-state index contributed by atoms with van der Waals surface area (Å²) in [5, 5.41) is 3.60. The van der Waals surface area contributed by atoms with Crippen molar-refractivity contribution in [2.24, 2.45) is 5.92 Å². The van der Waals surface area contributed by atoms with E-state index in [-0.39, 0.29) is 6.04 Å². The van der Waals surface area contributed by atoms with E-state index in [0.29, 0.717) is 11.9 Å². The number of fused-ring (bicyclic) bond motifs is 1. The normalized spacial score (nSPS) is 37.6. The lowest BCUT2D eigenvalue weighted by atomic mass is 9.85. The van der Waals surface area contributed by atoms with E-state index in [2.05, 4.69) is 22.2 Å². The predicted octanol–water partition coefficient (Wildman–Crippen LogP) is 0.681. The number of nitrogens with one attached hydrogen (secondary N) is 1. The summed E-state index contributed by atoms with van der Waals surface area (Å²) in [7, 11) is 2.13. The van der Waals surface area contributed by atoms with Gasteiger partial charge in [0, 0.05) is 32.2 Å². The number of carbonyl (C=O) groups is 1. The number of carbonyl (C=O) groups excluding carboxylic acids is 1. The SMILES string of the molecule is CN1CCN(C(=O)C2CC3CCCCC3N2)CC1. The van der Waals surface area contributed by atoms with E-state index in [9.17, 15) is 4.79 Å². The van der Waals surface area contributed by atoms with Crippen molar-refractivity contribution in [2.75, 3.05) is 33.2 Å². The lowest BCUT2D eigenvalue weighted by molar-refractivity contribution is -0.134. The summed E-state index contributed by atoms with van der Waals surface area (Å²) < 4.78 is 0. The minimum absolute atomic E-state index is 0.113. The van der Waals surface area contributed by atoms with Gasteiger partial charge in [-0.15, -0.1) is 0 Å².